The number of carbonyl (C=O) groups is 3. The number of likely N-dealkylation sites (tertiary alicyclic amines) is 2. The summed E-state index contributed by atoms with van der Waals surface area (Å²) in [5.41, 5.74) is 1.71. The lowest BCUT2D eigenvalue weighted by atomic mass is 9.73. The Labute approximate surface area is 244 Å². The van der Waals surface area contributed by atoms with Crippen LogP contribution in [-0.4, -0.2) is 77.5 Å². The Morgan fingerprint density at radius 2 is 1.71 bits per heavy atom. The minimum absolute atomic E-state index is 0.0759. The number of aryl methyl sites for hydroxylation is 2. The van der Waals surface area contributed by atoms with Crippen LogP contribution in [0.2, 0.25) is 0 Å². The summed E-state index contributed by atoms with van der Waals surface area (Å²) in [6, 6.07) is 5.23. The van der Waals surface area contributed by atoms with E-state index in [4.69, 9.17) is 4.74 Å². The van der Waals surface area contributed by atoms with E-state index >= 15 is 0 Å². The van der Waals surface area contributed by atoms with Crippen LogP contribution in [0.1, 0.15) is 63.5 Å². The third-order valence-electron chi connectivity index (χ3n) is 10.6. The average molecular weight is 563 g/mol. The minimum atomic E-state index is -1.12. The molecule has 5 aliphatic rings. The average Bonchev–Trinajstić information content (AvgIpc) is 3.57. The summed E-state index contributed by atoms with van der Waals surface area (Å²) in [7, 11) is 0. The van der Waals surface area contributed by atoms with Crippen molar-refractivity contribution < 1.29 is 19.1 Å². The second-order valence-corrected chi connectivity index (χ2v) is 13.4. The van der Waals surface area contributed by atoms with Gasteiger partial charge in [0.15, 0.2) is 0 Å². The molecule has 1 aromatic rings. The number of rotatable bonds is 7. The molecule has 1 aliphatic carbocycles. The predicted octanol–water partition coefficient (Wildman–Crippen LogP) is 3.82. The summed E-state index contributed by atoms with van der Waals surface area (Å²) < 4.78 is 6.56. The molecule has 6 rings (SSSR count). The van der Waals surface area contributed by atoms with E-state index in [1.54, 1.807) is 4.90 Å². The van der Waals surface area contributed by atoms with E-state index in [1.165, 1.54) is 12.8 Å². The number of amides is 3. The van der Waals surface area contributed by atoms with Crippen LogP contribution in [-0.2, 0) is 19.1 Å². The lowest BCUT2D eigenvalue weighted by Crippen LogP contribution is -2.58. The van der Waals surface area contributed by atoms with E-state index in [9.17, 15) is 14.4 Å². The molecule has 1 aromatic carbocycles. The molecule has 41 heavy (non-hydrogen) atoms. The van der Waals surface area contributed by atoms with Crippen LogP contribution in [0.3, 0.4) is 0 Å². The Morgan fingerprint density at radius 3 is 2.44 bits per heavy atom. The number of hydrogen-bond acceptors (Lipinski definition) is 5. The van der Waals surface area contributed by atoms with Crippen LogP contribution in [0.5, 0.6) is 0 Å². The van der Waals surface area contributed by atoms with Gasteiger partial charge < -0.3 is 25.2 Å². The quantitative estimate of drug-likeness (QED) is 0.493. The molecule has 2 bridgehead atoms. The van der Waals surface area contributed by atoms with Crippen molar-refractivity contribution in [3.8, 4) is 0 Å². The molecular formula is C33H46N4O4. The van der Waals surface area contributed by atoms with Gasteiger partial charge in [-0.2, -0.15) is 0 Å². The van der Waals surface area contributed by atoms with Gasteiger partial charge in [0.25, 0.3) is 0 Å². The Hall–Kier alpha value is -2.71. The van der Waals surface area contributed by atoms with Gasteiger partial charge in [0, 0.05) is 24.8 Å². The maximum absolute atomic E-state index is 14.3. The molecular weight excluding hydrogens is 516 g/mol. The molecule has 4 aliphatic heterocycles. The summed E-state index contributed by atoms with van der Waals surface area (Å²) in [4.78, 5) is 46.4. The highest BCUT2D eigenvalue weighted by atomic mass is 16.5. The fourth-order valence-electron chi connectivity index (χ4n) is 8.26. The summed E-state index contributed by atoms with van der Waals surface area (Å²) >= 11 is 0. The number of piperidine rings is 1. The van der Waals surface area contributed by atoms with Crippen LogP contribution >= 0.6 is 0 Å². The van der Waals surface area contributed by atoms with Crippen molar-refractivity contribution in [2.75, 3.05) is 31.5 Å². The zero-order valence-corrected chi connectivity index (χ0v) is 25.0. The number of carbonyl (C=O) groups excluding carboxylic acids is 3. The monoisotopic (exact) mass is 562 g/mol. The molecule has 4 fully saturated rings. The largest absolute Gasteiger partial charge is 0.359 e. The van der Waals surface area contributed by atoms with E-state index in [0.29, 0.717) is 18.4 Å². The van der Waals surface area contributed by atoms with Gasteiger partial charge in [-0.15, -0.1) is 0 Å². The predicted molar refractivity (Wildman–Crippen MR) is 158 cm³/mol. The topological polar surface area (TPSA) is 91.0 Å². The standard InChI is InChI=1S/C33H46N4O4/c1-20-17-21(2)19-24(18-20)34-30(38)27-26-11-12-33(41-26)28(27)32(40)37(16-15-36-13-6-5-7-14-36)29(33)31(39)35-25-10-8-9-22(3)23(25)4/h11-12,17-19,22-23,25-29H,5-10,13-16H2,1-4H3,(H,34,38)(H,35,39)/t22-,23+,25-,26+,27-,28+,29+,33+/m1/s1. The lowest BCUT2D eigenvalue weighted by molar-refractivity contribution is -0.142. The van der Waals surface area contributed by atoms with Gasteiger partial charge in [-0.25, -0.2) is 0 Å². The molecule has 1 saturated carbocycles. The van der Waals surface area contributed by atoms with E-state index in [0.717, 1.165) is 62.1 Å². The lowest BCUT2D eigenvalue weighted by Gasteiger charge is -2.38. The molecule has 4 heterocycles. The molecule has 0 unspecified atom stereocenters. The van der Waals surface area contributed by atoms with Gasteiger partial charge in [0.2, 0.25) is 17.7 Å². The summed E-state index contributed by atoms with van der Waals surface area (Å²) in [6.07, 6.45) is 10.1. The minimum Gasteiger partial charge on any atom is -0.359 e. The molecule has 2 N–H and O–H groups in total. The molecule has 0 aromatic heterocycles. The Balaban J connectivity index is 1.28. The van der Waals surface area contributed by atoms with Gasteiger partial charge in [-0.05, 0) is 81.3 Å². The van der Waals surface area contributed by atoms with Crippen molar-refractivity contribution in [2.24, 2.45) is 23.7 Å². The van der Waals surface area contributed by atoms with Gasteiger partial charge in [0.05, 0.1) is 17.9 Å². The van der Waals surface area contributed by atoms with Gasteiger partial charge >= 0.3 is 0 Å². The van der Waals surface area contributed by atoms with E-state index in [-0.39, 0.29) is 23.8 Å². The maximum atomic E-state index is 14.3. The highest BCUT2D eigenvalue weighted by molar-refractivity contribution is 6.02. The van der Waals surface area contributed by atoms with Crippen molar-refractivity contribution >= 4 is 23.4 Å². The number of ether oxygens (including phenoxy) is 1. The van der Waals surface area contributed by atoms with Gasteiger partial charge in [-0.1, -0.05) is 51.3 Å². The summed E-state index contributed by atoms with van der Waals surface area (Å²) in [5, 5.41) is 6.42. The maximum Gasteiger partial charge on any atom is 0.246 e. The van der Waals surface area contributed by atoms with E-state index < -0.39 is 29.6 Å². The number of benzene rings is 1. The van der Waals surface area contributed by atoms with E-state index in [2.05, 4.69) is 35.4 Å². The first-order valence-electron chi connectivity index (χ1n) is 15.8. The first-order chi connectivity index (χ1) is 19.7. The van der Waals surface area contributed by atoms with Crippen LogP contribution in [0.15, 0.2) is 30.4 Å². The fourth-order valence-corrected chi connectivity index (χ4v) is 8.26. The molecule has 3 amide bonds. The molecule has 0 radical (unpaired) electrons. The van der Waals surface area contributed by atoms with Crippen LogP contribution in [0.4, 0.5) is 5.69 Å². The number of hydrogen-bond donors (Lipinski definition) is 2. The normalized spacial score (nSPS) is 36.4. The zero-order valence-electron chi connectivity index (χ0n) is 25.0. The van der Waals surface area contributed by atoms with Crippen LogP contribution in [0.25, 0.3) is 0 Å². The highest BCUT2D eigenvalue weighted by Gasteiger charge is 2.72. The molecule has 3 saturated heterocycles. The zero-order chi connectivity index (χ0) is 28.9. The van der Waals surface area contributed by atoms with Gasteiger partial charge in [-0.3, -0.25) is 14.4 Å². The Morgan fingerprint density at radius 1 is 0.976 bits per heavy atom. The molecule has 222 valence electrons. The third-order valence-corrected chi connectivity index (χ3v) is 10.6. The molecule has 1 spiro atoms. The van der Waals surface area contributed by atoms with Crippen molar-refractivity contribution in [1.82, 2.24) is 15.1 Å². The summed E-state index contributed by atoms with van der Waals surface area (Å²) in [5.74, 6) is -1.01. The second-order valence-electron chi connectivity index (χ2n) is 13.4. The van der Waals surface area contributed by atoms with Crippen molar-refractivity contribution in [2.45, 2.75) is 90.0 Å². The number of nitrogens with zero attached hydrogens (tertiary/aromatic N) is 2. The molecule has 8 nitrogen and oxygen atoms in total. The number of fused-ring (bicyclic) bond motifs is 1. The van der Waals surface area contributed by atoms with Crippen molar-refractivity contribution in [3.05, 3.63) is 41.5 Å². The van der Waals surface area contributed by atoms with E-state index in [1.807, 2.05) is 38.1 Å². The second kappa shape index (κ2) is 11.2. The number of anilines is 1. The summed E-state index contributed by atoms with van der Waals surface area (Å²) in [6.45, 7) is 11.7. The Kier molecular flexibility index (Phi) is 7.74. The Bertz CT molecular complexity index is 1210. The van der Waals surface area contributed by atoms with Crippen LogP contribution < -0.4 is 10.6 Å². The fraction of sp³-hybridized carbons (Fsp3) is 0.667. The van der Waals surface area contributed by atoms with Gasteiger partial charge in [0.1, 0.15) is 11.6 Å². The third kappa shape index (κ3) is 5.11. The SMILES string of the molecule is Cc1cc(C)cc(NC(=O)[C@@H]2[C@@H]3C=C[C@]4(O3)[C@@H]2C(=O)N(CCN2CCCCC2)[C@H]4C(=O)N[C@@H]2CCC[C@@H](C)[C@@H]2C)c1. The number of nitrogens with one attached hydrogen (secondary N) is 2. The molecule has 8 heteroatoms. The highest BCUT2D eigenvalue weighted by Crippen LogP contribution is 2.55. The van der Waals surface area contributed by atoms with Crippen LogP contribution in [0, 0.1) is 37.5 Å². The van der Waals surface area contributed by atoms with Crippen molar-refractivity contribution in [1.29, 1.82) is 0 Å². The smallest absolute Gasteiger partial charge is 0.246 e. The van der Waals surface area contributed by atoms with Crippen molar-refractivity contribution in [3.63, 3.8) is 0 Å². The first kappa shape index (κ1) is 28.4. The molecule has 8 atom stereocenters. The first-order valence-corrected chi connectivity index (χ1v) is 15.8.